The summed E-state index contributed by atoms with van der Waals surface area (Å²) in [4.78, 5) is 33.4. The number of fused-ring (bicyclic) bond motifs is 1. The zero-order chi connectivity index (χ0) is 15.9. The van der Waals surface area contributed by atoms with E-state index in [-0.39, 0.29) is 30.4 Å². The van der Waals surface area contributed by atoms with Crippen LogP contribution in [0.15, 0.2) is 11.1 Å². The van der Waals surface area contributed by atoms with Gasteiger partial charge in [-0.25, -0.2) is 4.98 Å². The Morgan fingerprint density at radius 2 is 2.41 bits per heavy atom. The molecule has 1 aliphatic heterocycles. The van der Waals surface area contributed by atoms with E-state index in [0.717, 1.165) is 0 Å². The lowest BCUT2D eigenvalue weighted by molar-refractivity contribution is -0.185. The third kappa shape index (κ3) is 3.19. The molecule has 3 rings (SSSR count). The lowest BCUT2D eigenvalue weighted by atomic mass is 10.2. The normalized spacial score (nSPS) is 24.6. The molecular formula is C10H14N6O4PS-. The van der Waals surface area contributed by atoms with Gasteiger partial charge in [0.15, 0.2) is 11.2 Å². The van der Waals surface area contributed by atoms with Crippen LogP contribution in [0.1, 0.15) is 19.1 Å². The molecule has 1 aliphatic rings. The van der Waals surface area contributed by atoms with Crippen molar-refractivity contribution in [2.24, 2.45) is 5.50 Å². The number of nitrogens with zero attached hydrogens (tertiary/aromatic N) is 3. The molecule has 1 unspecified atom stereocenters. The molecule has 10 nitrogen and oxygen atoms in total. The van der Waals surface area contributed by atoms with Crippen molar-refractivity contribution in [1.29, 1.82) is 0 Å². The largest absolute Gasteiger partial charge is 0.789 e. The monoisotopic (exact) mass is 345 g/mol. The highest BCUT2D eigenvalue weighted by Crippen LogP contribution is 2.33. The van der Waals surface area contributed by atoms with Crippen molar-refractivity contribution in [3.8, 4) is 0 Å². The van der Waals surface area contributed by atoms with Gasteiger partial charge >= 0.3 is 0 Å². The third-order valence-electron chi connectivity index (χ3n) is 3.29. The van der Waals surface area contributed by atoms with Crippen LogP contribution in [0.4, 0.5) is 5.95 Å². The van der Waals surface area contributed by atoms with Gasteiger partial charge in [-0.2, -0.15) is 4.98 Å². The first-order chi connectivity index (χ1) is 10.3. The number of anilines is 1. The van der Waals surface area contributed by atoms with E-state index in [2.05, 4.69) is 26.8 Å². The van der Waals surface area contributed by atoms with Gasteiger partial charge in [0.2, 0.25) is 5.95 Å². The second kappa shape index (κ2) is 5.69. The van der Waals surface area contributed by atoms with Gasteiger partial charge in [-0.1, -0.05) is 11.8 Å². The number of nitrogens with one attached hydrogen (secondary N) is 1. The van der Waals surface area contributed by atoms with Crippen molar-refractivity contribution in [1.82, 2.24) is 19.5 Å². The molecule has 1 fully saturated rings. The SMILES string of the molecule is Nc1nc2c(ncn2[C@H]2CC[C@@H](COP(N)([O-])=S)O2)c(=O)[nH]1. The number of rotatable bonds is 4. The Kier molecular flexibility index (Phi) is 4.02. The van der Waals surface area contributed by atoms with Gasteiger partial charge in [0.1, 0.15) is 6.23 Å². The summed E-state index contributed by atoms with van der Waals surface area (Å²) < 4.78 is 12.3. The van der Waals surface area contributed by atoms with Crippen LogP contribution < -0.4 is 21.7 Å². The van der Waals surface area contributed by atoms with Gasteiger partial charge in [0.25, 0.3) is 5.56 Å². The van der Waals surface area contributed by atoms with Crippen molar-refractivity contribution in [3.63, 3.8) is 0 Å². The molecule has 0 radical (unpaired) electrons. The highest BCUT2D eigenvalue weighted by molar-refractivity contribution is 8.07. The van der Waals surface area contributed by atoms with E-state index < -0.39 is 12.2 Å². The fourth-order valence-electron chi connectivity index (χ4n) is 2.35. The molecular weight excluding hydrogens is 331 g/mol. The molecule has 12 heteroatoms. The summed E-state index contributed by atoms with van der Waals surface area (Å²) >= 11 is 4.50. The second-order valence-corrected chi connectivity index (χ2v) is 7.77. The van der Waals surface area contributed by atoms with E-state index in [4.69, 9.17) is 20.5 Å². The summed E-state index contributed by atoms with van der Waals surface area (Å²) in [6.07, 6.45) is 2.14. The van der Waals surface area contributed by atoms with E-state index in [0.29, 0.717) is 18.5 Å². The van der Waals surface area contributed by atoms with E-state index in [1.807, 2.05) is 0 Å². The Bertz CT molecular complexity index is 800. The van der Waals surface area contributed by atoms with E-state index >= 15 is 0 Å². The van der Waals surface area contributed by atoms with Crippen LogP contribution in [-0.2, 0) is 21.1 Å². The highest BCUT2D eigenvalue weighted by atomic mass is 32.5. The van der Waals surface area contributed by atoms with Gasteiger partial charge < -0.3 is 19.9 Å². The van der Waals surface area contributed by atoms with Gasteiger partial charge in [-0.05, 0) is 12.8 Å². The van der Waals surface area contributed by atoms with Crippen LogP contribution in [0, 0.1) is 0 Å². The van der Waals surface area contributed by atoms with Crippen molar-refractivity contribution >= 4 is 35.6 Å². The summed E-state index contributed by atoms with van der Waals surface area (Å²) in [5.74, 6) is 0.00677. The van der Waals surface area contributed by atoms with Crippen LogP contribution in [0.25, 0.3) is 11.2 Å². The second-order valence-electron chi connectivity index (χ2n) is 4.90. The third-order valence-corrected chi connectivity index (χ3v) is 4.11. The van der Waals surface area contributed by atoms with Crippen molar-refractivity contribution in [3.05, 3.63) is 16.7 Å². The number of hydrogen-bond acceptors (Lipinski definition) is 8. The number of ether oxygens (including phenoxy) is 1. The first-order valence-electron chi connectivity index (χ1n) is 6.45. The standard InChI is InChI=1S/C10H15N6O4PS/c11-10-14-8-7(9(17)15-10)13-4-16(8)6-2-1-5(20-6)3-19-21(12,18)22/h4-6H,1-3H2,(H3,12,18,22)(H3,11,14,15,17)/p-1/t5-,6+,21?/m0/s1. The zero-order valence-electron chi connectivity index (χ0n) is 11.3. The molecule has 1 saturated heterocycles. The van der Waals surface area contributed by atoms with Gasteiger partial charge in [-0.15, -0.1) is 0 Å². The predicted molar refractivity (Wildman–Crippen MR) is 80.1 cm³/mol. The summed E-state index contributed by atoms with van der Waals surface area (Å²) in [5.41, 5.74) is 10.8. The first-order valence-corrected chi connectivity index (χ1v) is 9.16. The highest BCUT2D eigenvalue weighted by Gasteiger charge is 2.28. The molecule has 2 aromatic rings. The number of nitrogens with two attached hydrogens (primary N) is 2. The van der Waals surface area contributed by atoms with Crippen LogP contribution in [-0.4, -0.2) is 32.2 Å². The molecule has 0 aromatic carbocycles. The van der Waals surface area contributed by atoms with Crippen LogP contribution in [0.5, 0.6) is 0 Å². The zero-order valence-corrected chi connectivity index (χ0v) is 13.0. The van der Waals surface area contributed by atoms with E-state index in [1.54, 1.807) is 4.57 Å². The molecule has 0 bridgehead atoms. The fourth-order valence-corrected chi connectivity index (χ4v) is 2.91. The number of aromatic amines is 1. The Hall–Kier alpha value is -1.36. The topological polar surface area (TPSA) is 157 Å². The number of hydrogen-bond donors (Lipinski definition) is 3. The Balaban J connectivity index is 1.79. The molecule has 3 atom stereocenters. The molecule has 120 valence electrons. The lowest BCUT2D eigenvalue weighted by Gasteiger charge is -2.24. The van der Waals surface area contributed by atoms with Crippen LogP contribution in [0.3, 0.4) is 0 Å². The molecule has 0 spiro atoms. The minimum absolute atomic E-state index is 0.00677. The molecule has 0 aliphatic carbocycles. The average molecular weight is 345 g/mol. The van der Waals surface area contributed by atoms with Gasteiger partial charge in [0, 0.05) is 0 Å². The summed E-state index contributed by atoms with van der Waals surface area (Å²) in [5, 5.41) is 0. The van der Waals surface area contributed by atoms with Crippen molar-refractivity contribution in [2.75, 3.05) is 12.3 Å². The maximum absolute atomic E-state index is 11.7. The molecule has 0 saturated carbocycles. The molecule has 2 aromatic heterocycles. The van der Waals surface area contributed by atoms with E-state index in [1.165, 1.54) is 6.33 Å². The first kappa shape index (κ1) is 15.5. The summed E-state index contributed by atoms with van der Waals surface area (Å²) in [6, 6.07) is 0. The minimum atomic E-state index is -3.44. The maximum atomic E-state index is 11.7. The number of nitrogen functional groups attached to an aromatic ring is 1. The Morgan fingerprint density at radius 1 is 1.64 bits per heavy atom. The Labute approximate surface area is 129 Å². The summed E-state index contributed by atoms with van der Waals surface area (Å²) in [7, 11) is 0. The van der Waals surface area contributed by atoms with Crippen LogP contribution >= 0.6 is 6.64 Å². The number of imidazole rings is 1. The quantitative estimate of drug-likeness (QED) is 0.587. The molecule has 22 heavy (non-hydrogen) atoms. The minimum Gasteiger partial charge on any atom is -0.789 e. The maximum Gasteiger partial charge on any atom is 0.280 e. The number of aromatic nitrogens is 4. The van der Waals surface area contributed by atoms with Gasteiger partial charge in [-0.3, -0.25) is 19.8 Å². The smallest absolute Gasteiger partial charge is 0.280 e. The lowest BCUT2D eigenvalue weighted by Crippen LogP contribution is -2.20. The van der Waals surface area contributed by atoms with Crippen molar-refractivity contribution < 1.29 is 14.2 Å². The molecule has 3 heterocycles. The van der Waals surface area contributed by atoms with Crippen molar-refractivity contribution in [2.45, 2.75) is 25.2 Å². The molecule has 5 N–H and O–H groups in total. The number of H-pyrrole nitrogens is 1. The van der Waals surface area contributed by atoms with Gasteiger partial charge in [0.05, 0.1) is 25.7 Å². The van der Waals surface area contributed by atoms with E-state index in [9.17, 15) is 9.69 Å². The average Bonchev–Trinajstić information content (AvgIpc) is 3.01. The molecule has 0 amide bonds. The summed E-state index contributed by atoms with van der Waals surface area (Å²) in [6.45, 7) is -3.39. The Morgan fingerprint density at radius 3 is 3.14 bits per heavy atom. The fraction of sp³-hybridized carbons (Fsp3) is 0.500. The van der Waals surface area contributed by atoms with Crippen LogP contribution in [0.2, 0.25) is 0 Å². The predicted octanol–water partition coefficient (Wildman–Crippen LogP) is -1.06.